The molecule has 0 saturated heterocycles. The molecule has 0 spiro atoms. The maximum atomic E-state index is 13.5. The van der Waals surface area contributed by atoms with Crippen molar-refractivity contribution in [3.8, 4) is 0 Å². The number of furan rings is 1. The van der Waals surface area contributed by atoms with E-state index in [0.717, 1.165) is 0 Å². The smallest absolute Gasteiger partial charge is 0.226 e. The van der Waals surface area contributed by atoms with E-state index in [0.29, 0.717) is 18.2 Å². The number of benzene rings is 1. The van der Waals surface area contributed by atoms with Gasteiger partial charge in [-0.25, -0.2) is 4.39 Å². The standard InChI is InChI=1S/C15H17FO3/c1-3-9(4-2)13(17)14(18)12-8-10-6-5-7-11(16)15(10)19-12/h5-9,13,17H,3-4H2,1-2H3. The lowest BCUT2D eigenvalue weighted by Crippen LogP contribution is -2.28. The fourth-order valence-corrected chi connectivity index (χ4v) is 2.24. The Hall–Kier alpha value is -1.68. The van der Waals surface area contributed by atoms with Gasteiger partial charge in [-0.05, 0) is 18.1 Å². The third-order valence-corrected chi connectivity index (χ3v) is 3.50. The van der Waals surface area contributed by atoms with E-state index in [2.05, 4.69) is 0 Å². The molecule has 1 unspecified atom stereocenters. The predicted molar refractivity (Wildman–Crippen MR) is 70.6 cm³/mol. The van der Waals surface area contributed by atoms with Gasteiger partial charge in [-0.3, -0.25) is 4.79 Å². The van der Waals surface area contributed by atoms with Crippen LogP contribution in [0.3, 0.4) is 0 Å². The van der Waals surface area contributed by atoms with E-state index in [1.54, 1.807) is 12.1 Å². The molecule has 0 bridgehead atoms. The molecule has 1 aromatic heterocycles. The van der Waals surface area contributed by atoms with Gasteiger partial charge in [0.2, 0.25) is 5.78 Å². The molecule has 0 fully saturated rings. The van der Waals surface area contributed by atoms with Gasteiger partial charge in [0.05, 0.1) is 0 Å². The molecule has 3 nitrogen and oxygen atoms in total. The van der Waals surface area contributed by atoms with E-state index in [1.165, 1.54) is 12.1 Å². The van der Waals surface area contributed by atoms with Crippen molar-refractivity contribution in [3.63, 3.8) is 0 Å². The van der Waals surface area contributed by atoms with Crippen molar-refractivity contribution in [1.29, 1.82) is 0 Å². The van der Waals surface area contributed by atoms with Crippen LogP contribution in [0.5, 0.6) is 0 Å². The third-order valence-electron chi connectivity index (χ3n) is 3.50. The van der Waals surface area contributed by atoms with Crippen LogP contribution in [-0.4, -0.2) is 17.0 Å². The molecule has 0 amide bonds. The normalized spacial score (nSPS) is 13.1. The van der Waals surface area contributed by atoms with Gasteiger partial charge in [-0.2, -0.15) is 0 Å². The summed E-state index contributed by atoms with van der Waals surface area (Å²) in [5.74, 6) is -1.08. The lowest BCUT2D eigenvalue weighted by Gasteiger charge is -2.17. The zero-order valence-corrected chi connectivity index (χ0v) is 11.0. The van der Waals surface area contributed by atoms with Gasteiger partial charge in [-0.1, -0.05) is 38.8 Å². The van der Waals surface area contributed by atoms with Gasteiger partial charge in [0, 0.05) is 5.39 Å². The second-order valence-electron chi connectivity index (χ2n) is 4.65. The quantitative estimate of drug-likeness (QED) is 0.840. The second-order valence-corrected chi connectivity index (χ2v) is 4.65. The second kappa shape index (κ2) is 5.53. The van der Waals surface area contributed by atoms with Crippen LogP contribution in [0.15, 0.2) is 28.7 Å². The molecule has 2 rings (SSSR count). The Morgan fingerprint density at radius 2 is 2.05 bits per heavy atom. The van der Waals surface area contributed by atoms with Crippen LogP contribution in [-0.2, 0) is 0 Å². The number of rotatable bonds is 5. The lowest BCUT2D eigenvalue weighted by molar-refractivity contribution is 0.0561. The minimum absolute atomic E-state index is 0.0134. The van der Waals surface area contributed by atoms with Gasteiger partial charge >= 0.3 is 0 Å². The highest BCUT2D eigenvalue weighted by Gasteiger charge is 2.27. The number of para-hydroxylation sites is 1. The Labute approximate surface area is 111 Å². The third kappa shape index (κ3) is 2.54. The molecule has 0 aliphatic rings. The van der Waals surface area contributed by atoms with Crippen LogP contribution in [0.4, 0.5) is 4.39 Å². The number of hydrogen-bond donors (Lipinski definition) is 1. The molecular formula is C15H17FO3. The number of aliphatic hydroxyl groups is 1. The molecule has 4 heteroatoms. The molecule has 102 valence electrons. The Kier molecular flexibility index (Phi) is 4.00. The molecule has 1 aromatic carbocycles. The predicted octanol–water partition coefficient (Wildman–Crippen LogP) is 3.55. The molecule has 0 saturated carbocycles. The molecule has 1 heterocycles. The fourth-order valence-electron chi connectivity index (χ4n) is 2.24. The van der Waals surface area contributed by atoms with Crippen LogP contribution in [0, 0.1) is 11.7 Å². The van der Waals surface area contributed by atoms with Gasteiger partial charge in [0.25, 0.3) is 0 Å². The van der Waals surface area contributed by atoms with Gasteiger partial charge in [0.1, 0.15) is 6.10 Å². The van der Waals surface area contributed by atoms with Crippen LogP contribution in [0.2, 0.25) is 0 Å². The van der Waals surface area contributed by atoms with Crippen molar-refractivity contribution in [2.75, 3.05) is 0 Å². The molecule has 2 aromatic rings. The first-order valence-electron chi connectivity index (χ1n) is 6.48. The summed E-state index contributed by atoms with van der Waals surface area (Å²) < 4.78 is 18.7. The first-order chi connectivity index (χ1) is 9.08. The molecule has 1 atom stereocenters. The Bertz CT molecular complexity index is 584. The van der Waals surface area contributed by atoms with Crippen molar-refractivity contribution in [2.45, 2.75) is 32.8 Å². The van der Waals surface area contributed by atoms with Gasteiger partial charge in [0.15, 0.2) is 17.2 Å². The van der Waals surface area contributed by atoms with Crippen LogP contribution in [0.1, 0.15) is 37.2 Å². The summed E-state index contributed by atoms with van der Waals surface area (Å²) in [5.41, 5.74) is 0.0580. The SMILES string of the molecule is CCC(CC)C(O)C(=O)c1cc2cccc(F)c2o1. The van der Waals surface area contributed by atoms with E-state index in [1.807, 2.05) is 13.8 Å². The number of ketones is 1. The minimum atomic E-state index is -1.10. The number of halogens is 1. The maximum absolute atomic E-state index is 13.5. The topological polar surface area (TPSA) is 50.4 Å². The zero-order chi connectivity index (χ0) is 14.0. The number of hydrogen-bond acceptors (Lipinski definition) is 3. The molecule has 0 radical (unpaired) electrons. The van der Waals surface area contributed by atoms with Gasteiger partial charge < -0.3 is 9.52 Å². The maximum Gasteiger partial charge on any atom is 0.226 e. The summed E-state index contributed by atoms with van der Waals surface area (Å²) in [5, 5.41) is 10.5. The average molecular weight is 264 g/mol. The Balaban J connectivity index is 2.34. The highest BCUT2D eigenvalue weighted by molar-refractivity contribution is 6.00. The van der Waals surface area contributed by atoms with Crippen LogP contribution in [0.25, 0.3) is 11.0 Å². The number of aliphatic hydroxyl groups excluding tert-OH is 1. The molecule has 0 aliphatic carbocycles. The van der Waals surface area contributed by atoms with Gasteiger partial charge in [-0.15, -0.1) is 0 Å². The minimum Gasteiger partial charge on any atom is -0.450 e. The largest absolute Gasteiger partial charge is 0.450 e. The van der Waals surface area contributed by atoms with E-state index >= 15 is 0 Å². The summed E-state index contributed by atoms with van der Waals surface area (Å²) in [6, 6.07) is 5.98. The van der Waals surface area contributed by atoms with Crippen molar-refractivity contribution in [1.82, 2.24) is 0 Å². The monoisotopic (exact) mass is 264 g/mol. The number of carbonyl (C=O) groups excluding carboxylic acids is 1. The highest BCUT2D eigenvalue weighted by atomic mass is 19.1. The van der Waals surface area contributed by atoms with E-state index in [-0.39, 0.29) is 17.3 Å². The zero-order valence-electron chi connectivity index (χ0n) is 11.0. The highest BCUT2D eigenvalue weighted by Crippen LogP contribution is 2.25. The van der Waals surface area contributed by atoms with E-state index in [4.69, 9.17) is 4.42 Å². The van der Waals surface area contributed by atoms with Crippen molar-refractivity contribution >= 4 is 16.8 Å². The van der Waals surface area contributed by atoms with Crippen LogP contribution < -0.4 is 0 Å². The van der Waals surface area contributed by atoms with Crippen molar-refractivity contribution in [3.05, 3.63) is 35.8 Å². The Morgan fingerprint density at radius 1 is 1.37 bits per heavy atom. The average Bonchev–Trinajstić information content (AvgIpc) is 2.84. The molecule has 19 heavy (non-hydrogen) atoms. The summed E-state index contributed by atoms with van der Waals surface area (Å²) in [7, 11) is 0. The first kappa shape index (κ1) is 13.7. The molecular weight excluding hydrogens is 247 g/mol. The summed E-state index contributed by atoms with van der Waals surface area (Å²) in [4.78, 5) is 12.1. The van der Waals surface area contributed by atoms with E-state index < -0.39 is 17.7 Å². The number of fused-ring (bicyclic) bond motifs is 1. The summed E-state index contributed by atoms with van der Waals surface area (Å²) in [6.45, 7) is 3.84. The fraction of sp³-hybridized carbons (Fsp3) is 0.400. The van der Waals surface area contributed by atoms with E-state index in [9.17, 15) is 14.3 Å². The number of Topliss-reactive ketones (excluding diaryl/α,β-unsaturated/α-hetero) is 1. The first-order valence-corrected chi connectivity index (χ1v) is 6.48. The summed E-state index contributed by atoms with van der Waals surface area (Å²) >= 11 is 0. The Morgan fingerprint density at radius 3 is 2.63 bits per heavy atom. The summed E-state index contributed by atoms with van der Waals surface area (Å²) in [6.07, 6.45) is 0.314. The van der Waals surface area contributed by atoms with Crippen molar-refractivity contribution in [2.24, 2.45) is 5.92 Å². The molecule has 0 aliphatic heterocycles. The molecule has 1 N–H and O–H groups in total. The van der Waals surface area contributed by atoms with Crippen molar-refractivity contribution < 1.29 is 18.7 Å². The number of carbonyl (C=O) groups is 1. The lowest BCUT2D eigenvalue weighted by atomic mass is 9.93. The van der Waals surface area contributed by atoms with Crippen LogP contribution >= 0.6 is 0 Å².